The lowest BCUT2D eigenvalue weighted by Crippen LogP contribution is -2.42. The zero-order valence-corrected chi connectivity index (χ0v) is 19.2. The Labute approximate surface area is 178 Å². The van der Waals surface area contributed by atoms with Crippen LogP contribution in [0.5, 0.6) is 0 Å². The molecule has 1 aliphatic rings. The molecule has 0 radical (unpaired) electrons. The van der Waals surface area contributed by atoms with E-state index in [-0.39, 0.29) is 24.5 Å². The monoisotopic (exact) mass is 419 g/mol. The van der Waals surface area contributed by atoms with Crippen LogP contribution in [0.15, 0.2) is 6.07 Å². The number of rotatable bonds is 5. The van der Waals surface area contributed by atoms with E-state index in [9.17, 15) is 14.7 Å². The van der Waals surface area contributed by atoms with Gasteiger partial charge >= 0.3 is 5.97 Å². The molecule has 0 spiro atoms. The van der Waals surface area contributed by atoms with Crippen molar-refractivity contribution in [3.8, 4) is 11.8 Å². The van der Waals surface area contributed by atoms with Crippen LogP contribution in [0.3, 0.4) is 0 Å². The molecule has 2 rings (SSSR count). The van der Waals surface area contributed by atoms with Crippen molar-refractivity contribution in [2.24, 2.45) is 17.3 Å². The smallest absolute Gasteiger partial charge is 0.340 e. The predicted molar refractivity (Wildman–Crippen MR) is 117 cm³/mol. The number of aliphatic hydroxyl groups excluding tert-OH is 1. The van der Waals surface area contributed by atoms with Gasteiger partial charge in [0.15, 0.2) is 0 Å². The normalized spacial score (nSPS) is 19.4. The predicted octanol–water partition coefficient (Wildman–Crippen LogP) is 4.47. The Balaban J connectivity index is 2.44. The lowest BCUT2D eigenvalue weighted by atomic mass is 9.82. The molecule has 1 aromatic heterocycles. The number of hydrogen-bond acceptors (Lipinski definition) is 5. The fraction of sp³-hybridized carbons (Fsp3) is 0.652. The number of ether oxygens (including phenoxy) is 1. The summed E-state index contributed by atoms with van der Waals surface area (Å²) in [6.07, 6.45) is 3.90. The van der Waals surface area contributed by atoms with Gasteiger partial charge in [0.25, 0.3) is 0 Å². The molecule has 1 aliphatic carbocycles. The van der Waals surface area contributed by atoms with E-state index in [1.54, 1.807) is 11.0 Å². The minimum absolute atomic E-state index is 0.0101. The molecule has 160 valence electrons. The van der Waals surface area contributed by atoms with Crippen molar-refractivity contribution < 1.29 is 19.4 Å². The van der Waals surface area contributed by atoms with Gasteiger partial charge in [0.1, 0.15) is 5.00 Å². The maximum absolute atomic E-state index is 13.4. The van der Waals surface area contributed by atoms with Crippen molar-refractivity contribution in [3.63, 3.8) is 0 Å². The number of thiophene rings is 1. The van der Waals surface area contributed by atoms with E-state index < -0.39 is 11.4 Å². The summed E-state index contributed by atoms with van der Waals surface area (Å²) in [5.41, 5.74) is -0.170. The summed E-state index contributed by atoms with van der Waals surface area (Å²) < 4.78 is 4.97. The average molecular weight is 420 g/mol. The molecule has 0 bridgehead atoms. The highest BCUT2D eigenvalue weighted by Gasteiger charge is 2.33. The van der Waals surface area contributed by atoms with Gasteiger partial charge in [0.2, 0.25) is 5.91 Å². The minimum atomic E-state index is -0.540. The van der Waals surface area contributed by atoms with Gasteiger partial charge in [0, 0.05) is 17.4 Å². The molecule has 1 saturated carbocycles. The molecular weight excluding hydrogens is 386 g/mol. The number of carbonyl (C=O) groups is 2. The number of anilines is 1. The Morgan fingerprint density at radius 2 is 1.93 bits per heavy atom. The summed E-state index contributed by atoms with van der Waals surface area (Å²) in [6, 6.07) is 1.61. The summed E-state index contributed by atoms with van der Waals surface area (Å²) in [7, 11) is 1.34. The molecule has 0 unspecified atom stereocenters. The maximum atomic E-state index is 13.4. The molecule has 5 nitrogen and oxygen atoms in total. The van der Waals surface area contributed by atoms with Crippen molar-refractivity contribution in [3.05, 3.63) is 16.5 Å². The van der Waals surface area contributed by atoms with Gasteiger partial charge in [0.05, 0.1) is 24.2 Å². The lowest BCUT2D eigenvalue weighted by Gasteiger charge is -2.33. The van der Waals surface area contributed by atoms with Gasteiger partial charge < -0.3 is 14.7 Å². The van der Waals surface area contributed by atoms with Crippen LogP contribution >= 0.6 is 11.3 Å². The third-order valence-electron chi connectivity index (χ3n) is 5.37. The van der Waals surface area contributed by atoms with Gasteiger partial charge in [-0.3, -0.25) is 4.79 Å². The molecule has 0 aromatic carbocycles. The first-order valence-electron chi connectivity index (χ1n) is 10.3. The molecule has 1 N–H and O–H groups in total. The van der Waals surface area contributed by atoms with Gasteiger partial charge in [-0.05, 0) is 65.4 Å². The molecular formula is C23H33NO4S. The Morgan fingerprint density at radius 3 is 2.45 bits per heavy atom. The van der Waals surface area contributed by atoms with Crippen LogP contribution in [-0.4, -0.2) is 36.7 Å². The van der Waals surface area contributed by atoms with Crippen LogP contribution in [-0.2, 0) is 9.53 Å². The molecule has 1 heterocycles. The number of carbonyl (C=O) groups excluding carboxylic acids is 2. The molecule has 1 amide bonds. The van der Waals surface area contributed by atoms with Crippen molar-refractivity contribution in [2.45, 2.75) is 66.3 Å². The zero-order chi connectivity index (χ0) is 21.8. The van der Waals surface area contributed by atoms with Crippen LogP contribution in [0.2, 0.25) is 0 Å². The number of amides is 1. The molecule has 6 heteroatoms. The first-order chi connectivity index (χ1) is 13.6. The van der Waals surface area contributed by atoms with E-state index >= 15 is 0 Å². The fourth-order valence-corrected chi connectivity index (χ4v) is 4.58. The van der Waals surface area contributed by atoms with E-state index in [1.165, 1.54) is 18.4 Å². The highest BCUT2D eigenvalue weighted by atomic mass is 32.1. The topological polar surface area (TPSA) is 66.8 Å². The summed E-state index contributed by atoms with van der Waals surface area (Å²) in [5.74, 6) is 6.36. The standard InChI is InChI=1S/C23H33NO4S/c1-15(2)24(20(26)17-9-7-16(3)8-10-17)21-19(22(27)28-6)13-18(29-21)11-12-23(4,5)14-25/h13,15-17,25H,7-10,14H2,1-6H3. The number of nitrogens with zero attached hydrogens (tertiary/aromatic N) is 1. The van der Waals surface area contributed by atoms with Crippen molar-refractivity contribution in [2.75, 3.05) is 18.6 Å². The first-order valence-corrected chi connectivity index (χ1v) is 11.1. The second-order valence-electron chi connectivity index (χ2n) is 8.87. The summed E-state index contributed by atoms with van der Waals surface area (Å²) in [4.78, 5) is 28.3. The van der Waals surface area contributed by atoms with Gasteiger partial charge in [-0.15, -0.1) is 11.3 Å². The zero-order valence-electron chi connectivity index (χ0n) is 18.4. The third kappa shape index (κ3) is 5.83. The van der Waals surface area contributed by atoms with Crippen molar-refractivity contribution >= 4 is 28.2 Å². The number of aliphatic hydroxyl groups is 1. The van der Waals surface area contributed by atoms with E-state index in [0.29, 0.717) is 21.4 Å². The average Bonchev–Trinajstić information content (AvgIpc) is 3.10. The minimum Gasteiger partial charge on any atom is -0.465 e. The van der Waals surface area contributed by atoms with E-state index in [2.05, 4.69) is 18.8 Å². The Bertz CT molecular complexity index is 792. The lowest BCUT2D eigenvalue weighted by molar-refractivity contribution is -0.123. The molecule has 1 fully saturated rings. The van der Waals surface area contributed by atoms with Crippen LogP contribution in [0, 0.1) is 29.1 Å². The van der Waals surface area contributed by atoms with Crippen molar-refractivity contribution in [1.82, 2.24) is 0 Å². The van der Waals surface area contributed by atoms with E-state index in [0.717, 1.165) is 25.7 Å². The quantitative estimate of drug-likeness (QED) is 0.565. The van der Waals surface area contributed by atoms with E-state index in [4.69, 9.17) is 4.74 Å². The van der Waals surface area contributed by atoms with Crippen LogP contribution in [0.4, 0.5) is 5.00 Å². The highest BCUT2D eigenvalue weighted by Crippen LogP contribution is 2.37. The van der Waals surface area contributed by atoms with Gasteiger partial charge in [-0.2, -0.15) is 0 Å². The summed E-state index contributed by atoms with van der Waals surface area (Å²) in [5, 5.41) is 10.0. The second kappa shape index (κ2) is 9.77. The summed E-state index contributed by atoms with van der Waals surface area (Å²) >= 11 is 1.33. The Morgan fingerprint density at radius 1 is 1.31 bits per heavy atom. The first kappa shape index (κ1) is 23.4. The van der Waals surface area contributed by atoms with Gasteiger partial charge in [-0.25, -0.2) is 4.79 Å². The SMILES string of the molecule is COC(=O)c1cc(C#CC(C)(C)CO)sc1N(C(=O)C1CCC(C)CC1)C(C)C. The Hall–Kier alpha value is -1.84. The van der Waals surface area contributed by atoms with Crippen LogP contribution in [0.1, 0.15) is 75.5 Å². The number of methoxy groups -OCH3 is 1. The van der Waals surface area contributed by atoms with E-state index in [1.807, 2.05) is 27.7 Å². The number of hydrogen-bond donors (Lipinski definition) is 1. The third-order valence-corrected chi connectivity index (χ3v) is 6.42. The van der Waals surface area contributed by atoms with Gasteiger partial charge in [-0.1, -0.05) is 18.8 Å². The maximum Gasteiger partial charge on any atom is 0.340 e. The molecule has 0 saturated heterocycles. The van der Waals surface area contributed by atoms with Crippen LogP contribution < -0.4 is 4.90 Å². The number of esters is 1. The molecule has 0 atom stereocenters. The largest absolute Gasteiger partial charge is 0.465 e. The fourth-order valence-electron chi connectivity index (χ4n) is 3.44. The summed E-state index contributed by atoms with van der Waals surface area (Å²) in [6.45, 7) is 9.80. The van der Waals surface area contributed by atoms with Crippen molar-refractivity contribution in [1.29, 1.82) is 0 Å². The highest BCUT2D eigenvalue weighted by molar-refractivity contribution is 7.17. The molecule has 29 heavy (non-hydrogen) atoms. The molecule has 1 aromatic rings. The Kier molecular flexibility index (Phi) is 7.90. The second-order valence-corrected chi connectivity index (χ2v) is 9.90. The molecule has 0 aliphatic heterocycles. The van der Waals surface area contributed by atoms with Crippen LogP contribution in [0.25, 0.3) is 0 Å².